The summed E-state index contributed by atoms with van der Waals surface area (Å²) in [6.07, 6.45) is 7.12. The topological polar surface area (TPSA) is 86.6 Å². The summed E-state index contributed by atoms with van der Waals surface area (Å²) in [6, 6.07) is 6.34. The van der Waals surface area contributed by atoms with E-state index in [4.69, 9.17) is 14.7 Å². The van der Waals surface area contributed by atoms with Crippen molar-refractivity contribution in [3.63, 3.8) is 0 Å². The highest BCUT2D eigenvalue weighted by atomic mass is 32.1. The number of hydrogen-bond acceptors (Lipinski definition) is 9. The van der Waals surface area contributed by atoms with E-state index < -0.39 is 0 Å². The number of aromatic nitrogens is 3. The quantitative estimate of drug-likeness (QED) is 0.550. The average Bonchev–Trinajstić information content (AvgIpc) is 3.61. The molecule has 0 aliphatic carbocycles. The van der Waals surface area contributed by atoms with Crippen LogP contribution < -0.4 is 10.2 Å². The highest BCUT2D eigenvalue weighted by molar-refractivity contribution is 7.22. The van der Waals surface area contributed by atoms with Crippen LogP contribution in [0.5, 0.6) is 0 Å². The Morgan fingerprint density at radius 3 is 2.71 bits per heavy atom. The van der Waals surface area contributed by atoms with Crippen LogP contribution in [0.3, 0.4) is 0 Å². The molecule has 180 valence electrons. The molecule has 6 heterocycles. The maximum atomic E-state index is 9.86. The fourth-order valence-corrected chi connectivity index (χ4v) is 6.26. The molecule has 0 saturated carbocycles. The number of aliphatic hydroxyl groups excluding tert-OH is 1. The van der Waals surface area contributed by atoms with Gasteiger partial charge in [0.1, 0.15) is 11.6 Å². The van der Waals surface area contributed by atoms with Crippen LogP contribution in [0.1, 0.15) is 49.3 Å². The first-order chi connectivity index (χ1) is 16.7. The lowest BCUT2D eigenvalue weighted by atomic mass is 9.90. The first kappa shape index (κ1) is 22.2. The fraction of sp³-hybridized carbons (Fsp3) is 0.560. The highest BCUT2D eigenvalue weighted by Crippen LogP contribution is 2.33. The molecule has 0 aromatic carbocycles. The lowest BCUT2D eigenvalue weighted by molar-refractivity contribution is 0.0849. The Kier molecular flexibility index (Phi) is 6.34. The number of thiazole rings is 1. The monoisotopic (exact) mass is 480 g/mol. The Morgan fingerprint density at radius 2 is 1.91 bits per heavy atom. The predicted octanol–water partition coefficient (Wildman–Crippen LogP) is 3.89. The first-order valence-corrected chi connectivity index (χ1v) is 13.3. The molecule has 34 heavy (non-hydrogen) atoms. The molecule has 0 amide bonds. The minimum atomic E-state index is -0.257. The summed E-state index contributed by atoms with van der Waals surface area (Å²) >= 11 is 1.63. The van der Waals surface area contributed by atoms with Gasteiger partial charge in [-0.25, -0.2) is 15.0 Å². The van der Waals surface area contributed by atoms with Crippen LogP contribution in [0, 0.1) is 0 Å². The number of rotatable bonds is 6. The zero-order valence-corrected chi connectivity index (χ0v) is 20.3. The molecule has 0 spiro atoms. The van der Waals surface area contributed by atoms with Gasteiger partial charge < -0.3 is 20.1 Å². The van der Waals surface area contributed by atoms with Gasteiger partial charge in [-0.1, -0.05) is 17.4 Å². The van der Waals surface area contributed by atoms with E-state index in [-0.39, 0.29) is 6.10 Å². The van der Waals surface area contributed by atoms with Gasteiger partial charge in [-0.2, -0.15) is 0 Å². The first-order valence-electron chi connectivity index (χ1n) is 12.5. The molecule has 3 saturated heterocycles. The van der Waals surface area contributed by atoms with Gasteiger partial charge in [0.05, 0.1) is 22.0 Å². The Balaban J connectivity index is 1.24. The van der Waals surface area contributed by atoms with Gasteiger partial charge in [0.15, 0.2) is 5.13 Å². The molecular formula is C25H32N6O2S. The van der Waals surface area contributed by atoms with Crippen molar-refractivity contribution in [1.82, 2.24) is 19.9 Å². The van der Waals surface area contributed by atoms with E-state index in [1.807, 2.05) is 12.3 Å². The molecule has 3 aliphatic heterocycles. The Morgan fingerprint density at radius 1 is 1.06 bits per heavy atom. The van der Waals surface area contributed by atoms with Crippen LogP contribution >= 0.6 is 11.3 Å². The predicted molar refractivity (Wildman–Crippen MR) is 135 cm³/mol. The maximum absolute atomic E-state index is 9.86. The van der Waals surface area contributed by atoms with Gasteiger partial charge in [-0.15, -0.1) is 0 Å². The molecule has 0 unspecified atom stereocenters. The lowest BCUT2D eigenvalue weighted by Crippen LogP contribution is -2.22. The molecule has 1 atom stereocenters. The Hall–Kier alpha value is -2.33. The summed E-state index contributed by atoms with van der Waals surface area (Å²) in [5, 5.41) is 14.2. The van der Waals surface area contributed by atoms with Crippen molar-refractivity contribution in [3.8, 4) is 0 Å². The second kappa shape index (κ2) is 9.73. The summed E-state index contributed by atoms with van der Waals surface area (Å²) in [4.78, 5) is 19.2. The van der Waals surface area contributed by atoms with E-state index in [1.165, 1.54) is 24.1 Å². The number of nitrogens with one attached hydrogen (secondary N) is 1. The summed E-state index contributed by atoms with van der Waals surface area (Å²) in [7, 11) is 0. The second-order valence-electron chi connectivity index (χ2n) is 9.65. The largest absolute Gasteiger partial charge is 0.391 e. The van der Waals surface area contributed by atoms with E-state index in [0.717, 1.165) is 85.6 Å². The van der Waals surface area contributed by atoms with Crippen LogP contribution in [0.4, 0.5) is 16.8 Å². The van der Waals surface area contributed by atoms with Crippen LogP contribution in [-0.4, -0.2) is 70.5 Å². The van der Waals surface area contributed by atoms with Gasteiger partial charge in [0.25, 0.3) is 0 Å². The molecule has 3 fully saturated rings. The van der Waals surface area contributed by atoms with Gasteiger partial charge in [0, 0.05) is 45.1 Å². The fourth-order valence-electron chi connectivity index (χ4n) is 5.31. The Labute approximate surface area is 204 Å². The number of nitrogens with zero attached hydrogens (tertiary/aromatic N) is 5. The van der Waals surface area contributed by atoms with Crippen molar-refractivity contribution in [3.05, 3.63) is 35.7 Å². The molecule has 8 nitrogen and oxygen atoms in total. The van der Waals surface area contributed by atoms with Gasteiger partial charge in [-0.05, 0) is 62.7 Å². The zero-order valence-electron chi connectivity index (χ0n) is 19.4. The van der Waals surface area contributed by atoms with Crippen molar-refractivity contribution in [2.45, 2.75) is 50.7 Å². The number of β-amino-alcohol motifs (C(OH)–C–C–N with tert-alkyl or cyclic N) is 1. The molecule has 9 heteroatoms. The average molecular weight is 481 g/mol. The highest BCUT2D eigenvalue weighted by Gasteiger charge is 2.24. The summed E-state index contributed by atoms with van der Waals surface area (Å²) in [5.74, 6) is 2.11. The standard InChI is InChI=1S/C25H32N6O2S/c32-18-5-10-31(15-18)25-28-20-13-24(26-14-22(20)34-25)29-23-4-3-19(17-6-11-33-12-7-17)21(27-23)16-30-8-1-2-9-30/h3-4,13-14,17-18,32H,1-2,5-12,15-16H2,(H,26,27,29)/t18-/m1/s1. The van der Waals surface area contributed by atoms with Crippen LogP contribution in [0.2, 0.25) is 0 Å². The minimum Gasteiger partial charge on any atom is -0.391 e. The third-order valence-electron chi connectivity index (χ3n) is 7.20. The van der Waals surface area contributed by atoms with Gasteiger partial charge >= 0.3 is 0 Å². The maximum Gasteiger partial charge on any atom is 0.186 e. The number of anilines is 3. The van der Waals surface area contributed by atoms with Crippen molar-refractivity contribution in [1.29, 1.82) is 0 Å². The zero-order chi connectivity index (χ0) is 22.9. The van der Waals surface area contributed by atoms with Crippen molar-refractivity contribution in [2.24, 2.45) is 0 Å². The normalized spacial score (nSPS) is 22.1. The van der Waals surface area contributed by atoms with E-state index >= 15 is 0 Å². The van der Waals surface area contributed by atoms with Gasteiger partial charge in [0.2, 0.25) is 0 Å². The SMILES string of the molecule is O[C@@H]1CCN(c2nc3cc(Nc4ccc(C5CCOCC5)c(CN5CCCC5)n4)ncc3s2)C1. The number of hydrogen-bond donors (Lipinski definition) is 2. The molecule has 2 N–H and O–H groups in total. The number of fused-ring (bicyclic) bond motifs is 1. The summed E-state index contributed by atoms with van der Waals surface area (Å²) in [5.41, 5.74) is 3.49. The molecule has 3 aliphatic rings. The van der Waals surface area contributed by atoms with Crippen LogP contribution in [0.15, 0.2) is 24.4 Å². The molecule has 0 radical (unpaired) electrons. The summed E-state index contributed by atoms with van der Waals surface area (Å²) < 4.78 is 6.65. The molecule has 0 bridgehead atoms. The Bertz CT molecular complexity index is 1140. The van der Waals surface area contributed by atoms with E-state index in [1.54, 1.807) is 11.3 Å². The third kappa shape index (κ3) is 4.75. The molecule has 3 aromatic rings. The molecule has 6 rings (SSSR count). The van der Waals surface area contributed by atoms with Gasteiger partial charge in [-0.3, -0.25) is 4.90 Å². The second-order valence-corrected chi connectivity index (χ2v) is 10.7. The van der Waals surface area contributed by atoms with Crippen molar-refractivity contribution < 1.29 is 9.84 Å². The van der Waals surface area contributed by atoms with Crippen molar-refractivity contribution >= 4 is 38.3 Å². The number of likely N-dealkylation sites (tertiary alicyclic amines) is 1. The molecule has 3 aromatic heterocycles. The number of aliphatic hydroxyl groups is 1. The smallest absolute Gasteiger partial charge is 0.186 e. The van der Waals surface area contributed by atoms with E-state index in [9.17, 15) is 5.11 Å². The van der Waals surface area contributed by atoms with Crippen molar-refractivity contribution in [2.75, 3.05) is 49.6 Å². The minimum absolute atomic E-state index is 0.257. The third-order valence-corrected chi connectivity index (χ3v) is 8.26. The van der Waals surface area contributed by atoms with Crippen LogP contribution in [0.25, 0.3) is 10.2 Å². The number of ether oxygens (including phenoxy) is 1. The lowest BCUT2D eigenvalue weighted by Gasteiger charge is -2.26. The van der Waals surface area contributed by atoms with Crippen LogP contribution in [-0.2, 0) is 11.3 Å². The van der Waals surface area contributed by atoms with E-state index in [2.05, 4.69) is 32.2 Å². The number of pyridine rings is 2. The summed E-state index contributed by atoms with van der Waals surface area (Å²) in [6.45, 7) is 6.40. The van der Waals surface area contributed by atoms with E-state index in [0.29, 0.717) is 12.5 Å². The molecular weight excluding hydrogens is 448 g/mol.